The molecule has 2 aromatic carbocycles. The van der Waals surface area contributed by atoms with Crippen molar-refractivity contribution in [3.8, 4) is 11.8 Å². The van der Waals surface area contributed by atoms with Crippen LogP contribution < -0.4 is 4.74 Å². The van der Waals surface area contributed by atoms with E-state index in [-0.39, 0.29) is 0 Å². The zero-order valence-electron chi connectivity index (χ0n) is 12.1. The predicted octanol–water partition coefficient (Wildman–Crippen LogP) is 4.41. The van der Waals surface area contributed by atoms with Gasteiger partial charge in [0.05, 0.1) is 18.2 Å². The first-order chi connectivity index (χ1) is 10.8. The Hall–Kier alpha value is -2.51. The van der Waals surface area contributed by atoms with Crippen LogP contribution in [-0.2, 0) is 5.75 Å². The number of pyridine rings is 1. The SMILES string of the molecule is COc1ccc2cc(C#N)c(SCc3ccccc3)nc2c1. The normalized spacial score (nSPS) is 10.4. The molecule has 0 saturated heterocycles. The Morgan fingerprint density at radius 1 is 1.14 bits per heavy atom. The number of nitrogens with zero attached hydrogens (tertiary/aromatic N) is 2. The molecule has 0 aliphatic carbocycles. The average molecular weight is 306 g/mol. The van der Waals surface area contributed by atoms with Crippen LogP contribution in [0.3, 0.4) is 0 Å². The molecule has 0 atom stereocenters. The number of benzene rings is 2. The van der Waals surface area contributed by atoms with Gasteiger partial charge in [-0.3, -0.25) is 0 Å². The van der Waals surface area contributed by atoms with E-state index in [1.54, 1.807) is 18.9 Å². The zero-order chi connectivity index (χ0) is 15.4. The molecule has 22 heavy (non-hydrogen) atoms. The lowest BCUT2D eigenvalue weighted by atomic mass is 10.1. The van der Waals surface area contributed by atoms with E-state index in [0.29, 0.717) is 5.56 Å². The lowest BCUT2D eigenvalue weighted by molar-refractivity contribution is 0.415. The largest absolute Gasteiger partial charge is 0.497 e. The minimum Gasteiger partial charge on any atom is -0.497 e. The highest BCUT2D eigenvalue weighted by Gasteiger charge is 2.08. The number of methoxy groups -OCH3 is 1. The third-order valence-corrected chi connectivity index (χ3v) is 4.39. The van der Waals surface area contributed by atoms with Crippen molar-refractivity contribution in [1.29, 1.82) is 5.26 Å². The Balaban J connectivity index is 1.95. The molecule has 3 rings (SSSR count). The van der Waals surface area contributed by atoms with E-state index >= 15 is 0 Å². The van der Waals surface area contributed by atoms with E-state index in [1.807, 2.05) is 42.5 Å². The second kappa shape index (κ2) is 6.50. The van der Waals surface area contributed by atoms with Gasteiger partial charge in [0.1, 0.15) is 16.8 Å². The van der Waals surface area contributed by atoms with Gasteiger partial charge in [-0.15, -0.1) is 11.8 Å². The van der Waals surface area contributed by atoms with Crippen molar-refractivity contribution in [2.45, 2.75) is 10.8 Å². The molecule has 1 aromatic heterocycles. The number of thioether (sulfide) groups is 1. The molecule has 1 heterocycles. The first-order valence-electron chi connectivity index (χ1n) is 6.86. The van der Waals surface area contributed by atoms with Crippen molar-refractivity contribution in [3.05, 3.63) is 65.7 Å². The molecule has 0 amide bonds. The molecule has 4 heteroatoms. The number of nitriles is 1. The molecule has 0 saturated carbocycles. The molecule has 0 spiro atoms. The Labute approximate surface area is 133 Å². The van der Waals surface area contributed by atoms with Crippen LogP contribution in [0.1, 0.15) is 11.1 Å². The second-order valence-electron chi connectivity index (χ2n) is 4.79. The van der Waals surface area contributed by atoms with Crippen molar-refractivity contribution in [1.82, 2.24) is 4.98 Å². The number of ether oxygens (including phenoxy) is 1. The summed E-state index contributed by atoms with van der Waals surface area (Å²) in [6.07, 6.45) is 0. The molecule has 0 aliphatic heterocycles. The van der Waals surface area contributed by atoms with E-state index in [9.17, 15) is 5.26 Å². The Morgan fingerprint density at radius 3 is 2.68 bits per heavy atom. The highest BCUT2D eigenvalue weighted by atomic mass is 32.2. The van der Waals surface area contributed by atoms with Crippen LogP contribution >= 0.6 is 11.8 Å². The molecule has 3 nitrogen and oxygen atoms in total. The maximum Gasteiger partial charge on any atom is 0.121 e. The molecular weight excluding hydrogens is 292 g/mol. The van der Waals surface area contributed by atoms with E-state index in [4.69, 9.17) is 4.74 Å². The summed E-state index contributed by atoms with van der Waals surface area (Å²) in [5.74, 6) is 1.56. The molecular formula is C18H14N2OS. The molecule has 0 unspecified atom stereocenters. The van der Waals surface area contributed by atoms with Gasteiger partial charge in [0.2, 0.25) is 0 Å². The number of hydrogen-bond donors (Lipinski definition) is 0. The van der Waals surface area contributed by atoms with Gasteiger partial charge < -0.3 is 4.74 Å². The first-order valence-corrected chi connectivity index (χ1v) is 7.84. The number of rotatable bonds is 4. The first kappa shape index (κ1) is 14.4. The summed E-state index contributed by atoms with van der Waals surface area (Å²) in [6.45, 7) is 0. The fraction of sp³-hybridized carbons (Fsp3) is 0.111. The van der Waals surface area contributed by atoms with Crippen LogP contribution in [0.2, 0.25) is 0 Å². The van der Waals surface area contributed by atoms with Crippen LogP contribution in [-0.4, -0.2) is 12.1 Å². The minimum absolute atomic E-state index is 0.610. The summed E-state index contributed by atoms with van der Waals surface area (Å²) < 4.78 is 5.24. The summed E-state index contributed by atoms with van der Waals surface area (Å²) in [6, 6.07) is 20.0. The minimum atomic E-state index is 0.610. The van der Waals surface area contributed by atoms with Crippen LogP contribution in [0.15, 0.2) is 59.6 Å². The van der Waals surface area contributed by atoms with Gasteiger partial charge in [0, 0.05) is 17.2 Å². The summed E-state index contributed by atoms with van der Waals surface area (Å²) in [4.78, 5) is 4.63. The second-order valence-corrected chi connectivity index (χ2v) is 5.75. The van der Waals surface area contributed by atoms with E-state index < -0.39 is 0 Å². The van der Waals surface area contributed by atoms with Crippen molar-refractivity contribution >= 4 is 22.7 Å². The van der Waals surface area contributed by atoms with E-state index in [1.165, 1.54) is 5.56 Å². The van der Waals surface area contributed by atoms with Crippen LogP contribution in [0.25, 0.3) is 10.9 Å². The Kier molecular flexibility index (Phi) is 4.27. The lowest BCUT2D eigenvalue weighted by Gasteiger charge is -2.07. The van der Waals surface area contributed by atoms with Crippen LogP contribution in [0.4, 0.5) is 0 Å². The predicted molar refractivity (Wildman–Crippen MR) is 89.0 cm³/mol. The third kappa shape index (κ3) is 3.05. The number of fused-ring (bicyclic) bond motifs is 1. The molecule has 0 fully saturated rings. The van der Waals surface area contributed by atoms with Crippen LogP contribution in [0.5, 0.6) is 5.75 Å². The molecule has 0 radical (unpaired) electrons. The summed E-state index contributed by atoms with van der Waals surface area (Å²) in [7, 11) is 1.63. The third-order valence-electron chi connectivity index (χ3n) is 3.33. The maximum absolute atomic E-state index is 9.35. The van der Waals surface area contributed by atoms with Crippen molar-refractivity contribution in [3.63, 3.8) is 0 Å². The monoisotopic (exact) mass is 306 g/mol. The van der Waals surface area contributed by atoms with Crippen molar-refractivity contribution in [2.75, 3.05) is 7.11 Å². The van der Waals surface area contributed by atoms with E-state index in [2.05, 4.69) is 23.2 Å². The highest BCUT2D eigenvalue weighted by molar-refractivity contribution is 7.98. The topological polar surface area (TPSA) is 45.9 Å². The van der Waals surface area contributed by atoms with Crippen molar-refractivity contribution in [2.24, 2.45) is 0 Å². The fourth-order valence-corrected chi connectivity index (χ4v) is 3.09. The number of hydrogen-bond acceptors (Lipinski definition) is 4. The molecule has 0 aliphatic rings. The van der Waals surface area contributed by atoms with Crippen molar-refractivity contribution < 1.29 is 4.74 Å². The Morgan fingerprint density at radius 2 is 1.95 bits per heavy atom. The van der Waals surface area contributed by atoms with Gasteiger partial charge in [-0.25, -0.2) is 4.98 Å². The number of aromatic nitrogens is 1. The van der Waals surface area contributed by atoms with Gasteiger partial charge in [0.15, 0.2) is 0 Å². The average Bonchev–Trinajstić information content (AvgIpc) is 2.59. The summed E-state index contributed by atoms with van der Waals surface area (Å²) in [5, 5.41) is 11.1. The fourth-order valence-electron chi connectivity index (χ4n) is 2.17. The highest BCUT2D eigenvalue weighted by Crippen LogP contribution is 2.28. The molecule has 0 bridgehead atoms. The van der Waals surface area contributed by atoms with Crippen LogP contribution in [0, 0.1) is 11.3 Å². The van der Waals surface area contributed by atoms with Gasteiger partial charge in [0.25, 0.3) is 0 Å². The standard InChI is InChI=1S/C18H14N2OS/c1-21-16-8-7-14-9-15(11-19)18(20-17(14)10-16)22-12-13-5-3-2-4-6-13/h2-10H,12H2,1H3. The zero-order valence-corrected chi connectivity index (χ0v) is 12.9. The smallest absolute Gasteiger partial charge is 0.121 e. The maximum atomic E-state index is 9.35. The van der Waals surface area contributed by atoms with Gasteiger partial charge >= 0.3 is 0 Å². The summed E-state index contributed by atoms with van der Waals surface area (Å²) >= 11 is 1.58. The molecule has 3 aromatic rings. The summed E-state index contributed by atoms with van der Waals surface area (Å²) in [5.41, 5.74) is 2.66. The van der Waals surface area contributed by atoms with Gasteiger partial charge in [-0.1, -0.05) is 30.3 Å². The van der Waals surface area contributed by atoms with E-state index in [0.717, 1.165) is 27.4 Å². The Bertz CT molecular complexity index is 841. The molecule has 0 N–H and O–H groups in total. The lowest BCUT2D eigenvalue weighted by Crippen LogP contribution is -1.91. The van der Waals surface area contributed by atoms with Gasteiger partial charge in [-0.05, 0) is 23.8 Å². The molecule has 108 valence electrons. The quantitative estimate of drug-likeness (QED) is 0.670. The van der Waals surface area contributed by atoms with Gasteiger partial charge in [-0.2, -0.15) is 5.26 Å².